The van der Waals surface area contributed by atoms with E-state index >= 15 is 0 Å². The van der Waals surface area contributed by atoms with Gasteiger partial charge in [-0.1, -0.05) is 13.3 Å². The van der Waals surface area contributed by atoms with E-state index in [1.807, 2.05) is 0 Å². The zero-order valence-corrected chi connectivity index (χ0v) is 7.97. The standard InChI is InChI=1S/C10H20N2/c1-2-8-6-10(8)12-7-9-4-3-5-11-9/h8-12H,2-7H2,1H3. The summed E-state index contributed by atoms with van der Waals surface area (Å²) in [5.41, 5.74) is 0. The summed E-state index contributed by atoms with van der Waals surface area (Å²) in [6, 6.07) is 1.63. The molecule has 0 aromatic carbocycles. The average molecular weight is 168 g/mol. The Labute approximate surface area is 75.1 Å². The maximum Gasteiger partial charge on any atom is 0.0193 e. The predicted molar refractivity (Wildman–Crippen MR) is 51.2 cm³/mol. The van der Waals surface area contributed by atoms with Crippen LogP contribution < -0.4 is 10.6 Å². The molecular formula is C10H20N2. The molecule has 0 aromatic heterocycles. The molecule has 2 N–H and O–H groups in total. The maximum absolute atomic E-state index is 3.64. The van der Waals surface area contributed by atoms with E-state index in [4.69, 9.17) is 0 Å². The first kappa shape index (κ1) is 8.52. The monoisotopic (exact) mass is 168 g/mol. The van der Waals surface area contributed by atoms with Crippen molar-refractivity contribution in [1.82, 2.24) is 10.6 Å². The Morgan fingerprint density at radius 3 is 3.00 bits per heavy atom. The lowest BCUT2D eigenvalue weighted by atomic mass is 10.2. The molecule has 1 aliphatic carbocycles. The summed E-state index contributed by atoms with van der Waals surface area (Å²) in [5, 5.41) is 7.15. The molecule has 2 fully saturated rings. The quantitative estimate of drug-likeness (QED) is 0.657. The van der Waals surface area contributed by atoms with Gasteiger partial charge in [0.05, 0.1) is 0 Å². The van der Waals surface area contributed by atoms with Gasteiger partial charge in [-0.05, 0) is 31.7 Å². The Kier molecular flexibility index (Phi) is 2.66. The minimum Gasteiger partial charge on any atom is -0.313 e. The number of hydrogen-bond donors (Lipinski definition) is 2. The van der Waals surface area contributed by atoms with Crippen LogP contribution in [0.4, 0.5) is 0 Å². The second-order valence-electron chi connectivity index (χ2n) is 4.21. The summed E-state index contributed by atoms with van der Waals surface area (Å²) in [6.07, 6.45) is 5.52. The molecule has 70 valence electrons. The van der Waals surface area contributed by atoms with E-state index in [1.165, 1.54) is 38.8 Å². The van der Waals surface area contributed by atoms with E-state index in [9.17, 15) is 0 Å². The van der Waals surface area contributed by atoms with Crippen molar-refractivity contribution in [3.8, 4) is 0 Å². The second-order valence-corrected chi connectivity index (χ2v) is 4.21. The highest BCUT2D eigenvalue weighted by Crippen LogP contribution is 2.32. The average Bonchev–Trinajstić information content (AvgIpc) is 2.67. The van der Waals surface area contributed by atoms with E-state index in [0.29, 0.717) is 0 Å². The SMILES string of the molecule is CCC1CC1NCC1CCCN1. The number of hydrogen-bond acceptors (Lipinski definition) is 2. The summed E-state index contributed by atoms with van der Waals surface area (Å²) in [5.74, 6) is 0.992. The molecule has 2 aliphatic rings. The van der Waals surface area contributed by atoms with Crippen LogP contribution in [0.1, 0.15) is 32.6 Å². The molecule has 1 aliphatic heterocycles. The first-order valence-electron chi connectivity index (χ1n) is 5.37. The van der Waals surface area contributed by atoms with Gasteiger partial charge in [-0.15, -0.1) is 0 Å². The minimum absolute atomic E-state index is 0.767. The lowest BCUT2D eigenvalue weighted by molar-refractivity contribution is 0.518. The van der Waals surface area contributed by atoms with Crippen LogP contribution in [-0.2, 0) is 0 Å². The minimum atomic E-state index is 0.767. The Morgan fingerprint density at radius 1 is 1.50 bits per heavy atom. The van der Waals surface area contributed by atoms with Gasteiger partial charge in [0.15, 0.2) is 0 Å². The third kappa shape index (κ3) is 1.99. The van der Waals surface area contributed by atoms with Gasteiger partial charge in [-0.2, -0.15) is 0 Å². The highest BCUT2D eigenvalue weighted by atomic mass is 15.0. The van der Waals surface area contributed by atoms with E-state index in [2.05, 4.69) is 17.6 Å². The fourth-order valence-corrected chi connectivity index (χ4v) is 2.17. The molecule has 2 rings (SSSR count). The first-order chi connectivity index (χ1) is 5.90. The van der Waals surface area contributed by atoms with Gasteiger partial charge >= 0.3 is 0 Å². The molecule has 1 saturated heterocycles. The van der Waals surface area contributed by atoms with Crippen molar-refractivity contribution < 1.29 is 0 Å². The van der Waals surface area contributed by atoms with Crippen LogP contribution in [-0.4, -0.2) is 25.2 Å². The van der Waals surface area contributed by atoms with Crippen molar-refractivity contribution in [2.45, 2.75) is 44.7 Å². The van der Waals surface area contributed by atoms with Crippen LogP contribution in [0.5, 0.6) is 0 Å². The van der Waals surface area contributed by atoms with Crippen LogP contribution in [0.25, 0.3) is 0 Å². The van der Waals surface area contributed by atoms with Crippen molar-refractivity contribution in [3.63, 3.8) is 0 Å². The third-order valence-electron chi connectivity index (χ3n) is 3.24. The zero-order chi connectivity index (χ0) is 8.39. The van der Waals surface area contributed by atoms with Gasteiger partial charge in [-0.25, -0.2) is 0 Å². The van der Waals surface area contributed by atoms with Gasteiger partial charge in [0.2, 0.25) is 0 Å². The van der Waals surface area contributed by atoms with Gasteiger partial charge < -0.3 is 10.6 Å². The summed E-state index contributed by atoms with van der Waals surface area (Å²) in [7, 11) is 0. The summed E-state index contributed by atoms with van der Waals surface area (Å²) < 4.78 is 0. The van der Waals surface area contributed by atoms with Gasteiger partial charge in [0.25, 0.3) is 0 Å². The first-order valence-corrected chi connectivity index (χ1v) is 5.37. The topological polar surface area (TPSA) is 24.1 Å². The fourth-order valence-electron chi connectivity index (χ4n) is 2.17. The Hall–Kier alpha value is -0.0800. The zero-order valence-electron chi connectivity index (χ0n) is 7.97. The predicted octanol–water partition coefficient (Wildman–Crippen LogP) is 1.13. The lowest BCUT2D eigenvalue weighted by Gasteiger charge is -2.10. The third-order valence-corrected chi connectivity index (χ3v) is 3.24. The van der Waals surface area contributed by atoms with E-state index in [0.717, 1.165) is 18.0 Å². The largest absolute Gasteiger partial charge is 0.313 e. The smallest absolute Gasteiger partial charge is 0.0193 e. The molecule has 0 spiro atoms. The summed E-state index contributed by atoms with van der Waals surface area (Å²) in [4.78, 5) is 0. The van der Waals surface area contributed by atoms with Crippen molar-refractivity contribution in [3.05, 3.63) is 0 Å². The molecule has 1 heterocycles. The molecule has 2 heteroatoms. The summed E-state index contributed by atoms with van der Waals surface area (Å²) in [6.45, 7) is 4.72. The molecule has 0 amide bonds. The van der Waals surface area contributed by atoms with Crippen molar-refractivity contribution in [2.24, 2.45) is 5.92 Å². The van der Waals surface area contributed by atoms with Crippen molar-refractivity contribution >= 4 is 0 Å². The van der Waals surface area contributed by atoms with E-state index in [-0.39, 0.29) is 0 Å². The van der Waals surface area contributed by atoms with Crippen LogP contribution >= 0.6 is 0 Å². The highest BCUT2D eigenvalue weighted by molar-refractivity contribution is 4.93. The Bertz CT molecular complexity index is 141. The molecule has 0 radical (unpaired) electrons. The fraction of sp³-hybridized carbons (Fsp3) is 1.00. The Morgan fingerprint density at radius 2 is 2.42 bits per heavy atom. The molecule has 0 aromatic rings. The van der Waals surface area contributed by atoms with Gasteiger partial charge in [-0.3, -0.25) is 0 Å². The Balaban J connectivity index is 1.57. The molecule has 0 bridgehead atoms. The molecular weight excluding hydrogens is 148 g/mol. The van der Waals surface area contributed by atoms with E-state index < -0.39 is 0 Å². The summed E-state index contributed by atoms with van der Waals surface area (Å²) >= 11 is 0. The van der Waals surface area contributed by atoms with Crippen molar-refractivity contribution in [1.29, 1.82) is 0 Å². The van der Waals surface area contributed by atoms with E-state index in [1.54, 1.807) is 0 Å². The molecule has 1 saturated carbocycles. The maximum atomic E-state index is 3.64. The number of nitrogens with one attached hydrogen (secondary N) is 2. The van der Waals surface area contributed by atoms with Crippen LogP contribution in [0.3, 0.4) is 0 Å². The second kappa shape index (κ2) is 3.75. The van der Waals surface area contributed by atoms with Crippen LogP contribution in [0.2, 0.25) is 0 Å². The highest BCUT2D eigenvalue weighted by Gasteiger charge is 2.34. The normalized spacial score (nSPS) is 40.2. The van der Waals surface area contributed by atoms with Crippen LogP contribution in [0.15, 0.2) is 0 Å². The van der Waals surface area contributed by atoms with Crippen molar-refractivity contribution in [2.75, 3.05) is 13.1 Å². The van der Waals surface area contributed by atoms with Gasteiger partial charge in [0.1, 0.15) is 0 Å². The molecule has 12 heavy (non-hydrogen) atoms. The van der Waals surface area contributed by atoms with Crippen LogP contribution in [0, 0.1) is 5.92 Å². The molecule has 3 atom stereocenters. The lowest BCUT2D eigenvalue weighted by Crippen LogP contribution is -2.35. The molecule has 2 nitrogen and oxygen atoms in total. The molecule has 3 unspecified atom stereocenters. The van der Waals surface area contributed by atoms with Gasteiger partial charge in [0, 0.05) is 18.6 Å². The number of rotatable bonds is 4.